The zero-order chi connectivity index (χ0) is 16.5. The van der Waals surface area contributed by atoms with Crippen LogP contribution in [0, 0.1) is 29.8 Å². The van der Waals surface area contributed by atoms with Crippen LogP contribution in [0.1, 0.15) is 11.3 Å². The largest absolute Gasteiger partial charge is 0.290 e. The number of nitrogens with one attached hydrogen (secondary N) is 1. The van der Waals surface area contributed by atoms with Gasteiger partial charge in [0.05, 0.1) is 9.82 Å². The lowest BCUT2D eigenvalue weighted by Gasteiger charge is -2.09. The van der Waals surface area contributed by atoms with E-state index in [2.05, 4.69) is 9.71 Å². The number of hydrogen-bond donors (Lipinski definition) is 1. The Labute approximate surface area is 126 Å². The van der Waals surface area contributed by atoms with Crippen molar-refractivity contribution in [1.82, 2.24) is 4.98 Å². The number of nitro groups is 1. The summed E-state index contributed by atoms with van der Waals surface area (Å²) in [6.07, 6.45) is 0. The number of nitrogens with zero attached hydrogens (tertiary/aromatic N) is 2. The molecule has 0 spiro atoms. The predicted octanol–water partition coefficient (Wildman–Crippen LogP) is 2.55. The van der Waals surface area contributed by atoms with E-state index >= 15 is 0 Å². The van der Waals surface area contributed by atoms with Gasteiger partial charge in [0.25, 0.3) is 15.7 Å². The van der Waals surface area contributed by atoms with Gasteiger partial charge >= 0.3 is 0 Å². The molecule has 1 heterocycles. The number of anilines is 1. The third kappa shape index (κ3) is 3.37. The van der Waals surface area contributed by atoms with E-state index < -0.39 is 20.8 Å². The maximum atomic E-state index is 13.3. The van der Waals surface area contributed by atoms with Gasteiger partial charge in [0.15, 0.2) is 0 Å². The van der Waals surface area contributed by atoms with Crippen molar-refractivity contribution >= 4 is 21.5 Å². The van der Waals surface area contributed by atoms with Gasteiger partial charge in [-0.15, -0.1) is 0 Å². The molecule has 116 valence electrons. The number of aromatic nitrogens is 1. The molecule has 0 amide bonds. The van der Waals surface area contributed by atoms with Crippen LogP contribution in [-0.2, 0) is 10.0 Å². The molecular weight excluding hydrogens is 313 g/mol. The number of benzene rings is 1. The molecule has 0 aliphatic heterocycles. The molecule has 1 aromatic heterocycles. The fourth-order valence-electron chi connectivity index (χ4n) is 1.86. The highest BCUT2D eigenvalue weighted by Gasteiger charge is 2.18. The molecule has 1 aromatic carbocycles. The van der Waals surface area contributed by atoms with E-state index in [4.69, 9.17) is 0 Å². The van der Waals surface area contributed by atoms with Crippen LogP contribution in [0.15, 0.2) is 35.2 Å². The summed E-state index contributed by atoms with van der Waals surface area (Å²) in [6.45, 7) is 2.96. The minimum atomic E-state index is -4.03. The second-order valence-electron chi connectivity index (χ2n) is 4.63. The Morgan fingerprint density at radius 2 is 1.91 bits per heavy atom. The van der Waals surface area contributed by atoms with Crippen molar-refractivity contribution in [2.24, 2.45) is 0 Å². The van der Waals surface area contributed by atoms with Gasteiger partial charge in [-0.2, -0.15) is 0 Å². The zero-order valence-electron chi connectivity index (χ0n) is 11.7. The van der Waals surface area contributed by atoms with E-state index in [9.17, 15) is 22.9 Å². The minimum absolute atomic E-state index is 0.0700. The quantitative estimate of drug-likeness (QED) is 0.687. The first-order valence-corrected chi connectivity index (χ1v) is 7.59. The van der Waals surface area contributed by atoms with Gasteiger partial charge in [0.1, 0.15) is 17.3 Å². The first-order valence-electron chi connectivity index (χ1n) is 6.11. The Kier molecular flexibility index (Phi) is 4.09. The maximum absolute atomic E-state index is 13.3. The van der Waals surface area contributed by atoms with Crippen LogP contribution in [0.2, 0.25) is 0 Å². The van der Waals surface area contributed by atoms with Crippen molar-refractivity contribution in [2.45, 2.75) is 18.7 Å². The second kappa shape index (κ2) is 5.68. The van der Waals surface area contributed by atoms with Crippen molar-refractivity contribution in [1.29, 1.82) is 0 Å². The Bertz CT molecular complexity index is 832. The monoisotopic (exact) mass is 325 g/mol. The molecule has 2 aromatic rings. The summed E-state index contributed by atoms with van der Waals surface area (Å²) < 4.78 is 39.9. The lowest BCUT2D eigenvalue weighted by molar-refractivity contribution is -0.385. The van der Waals surface area contributed by atoms with Crippen LogP contribution in [0.3, 0.4) is 0 Å². The topological polar surface area (TPSA) is 102 Å². The van der Waals surface area contributed by atoms with E-state index in [1.165, 1.54) is 25.1 Å². The third-order valence-electron chi connectivity index (χ3n) is 2.82. The van der Waals surface area contributed by atoms with Crippen LogP contribution in [0.25, 0.3) is 0 Å². The minimum Gasteiger partial charge on any atom is -0.263 e. The van der Waals surface area contributed by atoms with Crippen LogP contribution in [-0.4, -0.2) is 18.3 Å². The fraction of sp³-hybridized carbons (Fsp3) is 0.154. The van der Waals surface area contributed by atoms with Crippen LogP contribution in [0.5, 0.6) is 0 Å². The Balaban J connectivity index is 2.36. The molecule has 0 aliphatic rings. The molecule has 0 radical (unpaired) electrons. The van der Waals surface area contributed by atoms with Crippen LogP contribution in [0.4, 0.5) is 15.9 Å². The van der Waals surface area contributed by atoms with Gasteiger partial charge in [-0.1, -0.05) is 0 Å². The molecule has 7 nitrogen and oxygen atoms in total. The SMILES string of the molecule is Cc1cc(F)cc(S(=O)(=O)Nc2ccc([N+](=O)[O-])c(C)n2)c1. The lowest BCUT2D eigenvalue weighted by atomic mass is 10.2. The summed E-state index contributed by atoms with van der Waals surface area (Å²) in [5, 5.41) is 10.7. The average molecular weight is 325 g/mol. The highest BCUT2D eigenvalue weighted by molar-refractivity contribution is 7.92. The molecule has 0 bridgehead atoms. The number of rotatable bonds is 4. The molecule has 0 fully saturated rings. The number of halogens is 1. The molecule has 22 heavy (non-hydrogen) atoms. The first kappa shape index (κ1) is 15.8. The number of sulfonamides is 1. The number of hydrogen-bond acceptors (Lipinski definition) is 5. The molecule has 0 atom stereocenters. The van der Waals surface area contributed by atoms with E-state index in [1.807, 2.05) is 0 Å². The molecular formula is C13H12FN3O4S. The maximum Gasteiger partial charge on any atom is 0.290 e. The fourth-order valence-corrected chi connectivity index (χ4v) is 2.97. The Morgan fingerprint density at radius 1 is 1.23 bits per heavy atom. The molecule has 2 rings (SSSR count). The molecule has 1 N–H and O–H groups in total. The van der Waals surface area contributed by atoms with E-state index in [0.29, 0.717) is 5.56 Å². The van der Waals surface area contributed by atoms with Crippen molar-refractivity contribution < 1.29 is 17.7 Å². The number of pyridine rings is 1. The van der Waals surface area contributed by atoms with Crippen molar-refractivity contribution in [3.63, 3.8) is 0 Å². The Morgan fingerprint density at radius 3 is 2.45 bits per heavy atom. The van der Waals surface area contributed by atoms with E-state index in [0.717, 1.165) is 12.1 Å². The highest BCUT2D eigenvalue weighted by atomic mass is 32.2. The average Bonchev–Trinajstić information content (AvgIpc) is 2.36. The van der Waals surface area contributed by atoms with Gasteiger partial charge in [-0.25, -0.2) is 17.8 Å². The number of aryl methyl sites for hydroxylation is 2. The Hall–Kier alpha value is -2.55. The normalized spacial score (nSPS) is 11.2. The van der Waals surface area contributed by atoms with E-state index in [1.54, 1.807) is 6.92 Å². The molecule has 9 heteroatoms. The highest BCUT2D eigenvalue weighted by Crippen LogP contribution is 2.21. The van der Waals surface area contributed by atoms with Gasteiger partial charge in [0, 0.05) is 6.07 Å². The summed E-state index contributed by atoms with van der Waals surface area (Å²) in [5.41, 5.74) is 0.304. The summed E-state index contributed by atoms with van der Waals surface area (Å²) in [6, 6.07) is 5.72. The zero-order valence-corrected chi connectivity index (χ0v) is 12.5. The third-order valence-corrected chi connectivity index (χ3v) is 4.15. The summed E-state index contributed by atoms with van der Waals surface area (Å²) in [5.74, 6) is -0.752. The molecule has 0 saturated heterocycles. The summed E-state index contributed by atoms with van der Waals surface area (Å²) in [4.78, 5) is 13.7. The van der Waals surface area contributed by atoms with Crippen LogP contribution >= 0.6 is 0 Å². The van der Waals surface area contributed by atoms with Crippen molar-refractivity contribution in [3.05, 3.63) is 57.5 Å². The van der Waals surface area contributed by atoms with Crippen LogP contribution < -0.4 is 4.72 Å². The second-order valence-corrected chi connectivity index (χ2v) is 6.31. The molecule has 0 saturated carbocycles. The predicted molar refractivity (Wildman–Crippen MR) is 77.6 cm³/mol. The van der Waals surface area contributed by atoms with E-state index in [-0.39, 0.29) is 22.1 Å². The van der Waals surface area contributed by atoms with Gasteiger partial charge in [0.2, 0.25) is 0 Å². The van der Waals surface area contributed by atoms with Gasteiger partial charge in [-0.05, 0) is 43.7 Å². The summed E-state index contributed by atoms with van der Waals surface area (Å²) >= 11 is 0. The van der Waals surface area contributed by atoms with Gasteiger partial charge in [-0.3, -0.25) is 14.8 Å². The smallest absolute Gasteiger partial charge is 0.263 e. The van der Waals surface area contributed by atoms with Gasteiger partial charge < -0.3 is 0 Å². The standard InChI is InChI=1S/C13H12FN3O4S/c1-8-5-10(14)7-11(6-8)22(20,21)16-13-4-3-12(17(18)19)9(2)15-13/h3-7H,1-2H3,(H,15,16). The first-order chi connectivity index (χ1) is 10.2. The van der Waals surface area contributed by atoms with Crippen molar-refractivity contribution in [2.75, 3.05) is 4.72 Å². The van der Waals surface area contributed by atoms with Crippen molar-refractivity contribution in [3.8, 4) is 0 Å². The lowest BCUT2D eigenvalue weighted by Crippen LogP contribution is -2.15. The summed E-state index contributed by atoms with van der Waals surface area (Å²) in [7, 11) is -4.03. The molecule has 0 aliphatic carbocycles. The molecule has 0 unspecified atom stereocenters.